The Morgan fingerprint density at radius 2 is 1.50 bits per heavy atom. The summed E-state index contributed by atoms with van der Waals surface area (Å²) in [4.78, 5) is 112. The fourth-order valence-electron chi connectivity index (χ4n) is 16.7. The minimum atomic E-state index is -4.75. The van der Waals surface area contributed by atoms with E-state index in [1.54, 1.807) is 37.5 Å². The molecule has 572 valence electrons. The second kappa shape index (κ2) is 32.9. The molecule has 0 spiro atoms. The summed E-state index contributed by atoms with van der Waals surface area (Å²) >= 11 is 1.38. The molecule has 4 heterocycles. The molecule has 7 aromatic rings. The number of aliphatic carboxylic acids is 2. The fourth-order valence-corrected chi connectivity index (χ4v) is 18.2. The third kappa shape index (κ3) is 19.2. The van der Waals surface area contributed by atoms with Gasteiger partial charge in [0.05, 0.1) is 40.7 Å². The van der Waals surface area contributed by atoms with E-state index < -0.39 is 99.9 Å². The lowest BCUT2D eigenvalue weighted by molar-refractivity contribution is -0.271. The second-order valence-electron chi connectivity index (χ2n) is 29.5. The summed E-state index contributed by atoms with van der Waals surface area (Å²) in [5, 5.41) is 78.0. The lowest BCUT2D eigenvalue weighted by Gasteiger charge is -2.69. The predicted octanol–water partition coefficient (Wildman–Crippen LogP) is 7.66. The SMILES string of the molecule is Cc1c(-c2ccc(-c3ccc4cccc(C(=O)Nc5nc6ccccc6s5)c4c3)nc2C(=O)O)cnn1CC12CC3(C)CC(C)(C1)CC(OCCN(C)C(=O)OCc1ccc(O[C@@H]4O[C@H](C(=O)O)[C@@H](O)[C@H](O)[C@H]4O)cc1CCCCNC(=O)[C@H](CS(=O)(=O)O)NC(=O)CCCCCNC(=O)CCC(=O)O)(C3)C2. The van der Waals surface area contributed by atoms with Gasteiger partial charge in [0, 0.05) is 74.0 Å². The van der Waals surface area contributed by atoms with Crippen LogP contribution in [0.2, 0.25) is 0 Å². The third-order valence-electron chi connectivity index (χ3n) is 20.5. The van der Waals surface area contributed by atoms with E-state index in [4.69, 9.17) is 34.1 Å². The molecule has 5 fully saturated rings. The molecule has 8 atom stereocenters. The number of nitrogens with zero attached hydrogens (tertiary/aromatic N) is 5. The Labute approximate surface area is 620 Å². The number of aromatic nitrogens is 4. The molecular weight excluding hydrogens is 1430 g/mol. The molecule has 11 N–H and O–H groups in total. The number of aromatic carboxylic acids is 1. The lowest BCUT2D eigenvalue weighted by Crippen LogP contribution is -2.64. The summed E-state index contributed by atoms with van der Waals surface area (Å²) in [6.45, 7) is 7.42. The average Bonchev–Trinajstić information content (AvgIpc) is 0.789. The number of anilines is 1. The van der Waals surface area contributed by atoms with E-state index in [-0.39, 0.29) is 98.5 Å². The van der Waals surface area contributed by atoms with Crippen LogP contribution in [0.4, 0.5) is 9.93 Å². The number of carboxylic acids is 3. The molecule has 1 saturated heterocycles. The molecule has 0 radical (unpaired) electrons. The summed E-state index contributed by atoms with van der Waals surface area (Å²) in [6.07, 6.45) is -1.83. The van der Waals surface area contributed by atoms with Gasteiger partial charge in [0.15, 0.2) is 16.9 Å². The largest absolute Gasteiger partial charge is 0.481 e. The third-order valence-corrected chi connectivity index (χ3v) is 22.2. The summed E-state index contributed by atoms with van der Waals surface area (Å²) in [5.74, 6) is -7.34. The zero-order chi connectivity index (χ0) is 76.8. The van der Waals surface area contributed by atoms with E-state index >= 15 is 0 Å². The monoisotopic (exact) mass is 1520 g/mol. The summed E-state index contributed by atoms with van der Waals surface area (Å²) in [7, 11) is -3.17. The minimum Gasteiger partial charge on any atom is -0.481 e. The number of benzene rings is 4. The molecule has 107 heavy (non-hydrogen) atoms. The number of carbonyl (C=O) groups excluding carboxylic acids is 5. The van der Waals surface area contributed by atoms with Crippen molar-refractivity contribution < 1.29 is 101 Å². The van der Waals surface area contributed by atoms with Crippen molar-refractivity contribution in [2.75, 3.05) is 44.4 Å². The zero-order valence-electron chi connectivity index (χ0n) is 59.7. The molecule has 5 amide bonds. The highest BCUT2D eigenvalue weighted by atomic mass is 32.2. The molecule has 1 aliphatic heterocycles. The van der Waals surface area contributed by atoms with E-state index in [1.807, 2.05) is 66.2 Å². The fraction of sp³-hybridized carbons (Fsp3) is 0.480. The van der Waals surface area contributed by atoms with Gasteiger partial charge in [-0.2, -0.15) is 13.5 Å². The molecule has 12 rings (SSSR count). The number of nitrogens with one attached hydrogen (secondary N) is 4. The number of ether oxygens (including phenoxy) is 4. The number of fused-ring (bicyclic) bond motifs is 2. The first-order valence-electron chi connectivity index (χ1n) is 35.5. The van der Waals surface area contributed by atoms with E-state index in [2.05, 4.69) is 40.1 Å². The first-order chi connectivity index (χ1) is 50.8. The van der Waals surface area contributed by atoms with E-state index in [0.717, 1.165) is 59.8 Å². The molecule has 5 aliphatic rings. The zero-order valence-corrected chi connectivity index (χ0v) is 61.3. The molecule has 2 unspecified atom stereocenters. The van der Waals surface area contributed by atoms with Gasteiger partial charge in [-0.1, -0.05) is 74.1 Å². The number of likely N-dealkylation sites (N-methyl/N-ethyl adjacent to an activating group) is 1. The van der Waals surface area contributed by atoms with Crippen molar-refractivity contribution in [3.63, 3.8) is 0 Å². The molecule has 4 bridgehead atoms. The Morgan fingerprint density at radius 3 is 2.23 bits per heavy atom. The van der Waals surface area contributed by atoms with Crippen molar-refractivity contribution in [1.82, 2.24) is 40.6 Å². The average molecular weight is 1520 g/mol. The maximum absolute atomic E-state index is 13.9. The minimum absolute atomic E-state index is 0.0330. The number of rotatable bonds is 34. The standard InChI is InChI=1S/C75H89N9O21S2/c1-43-52(49-23-24-53(80-60(49)67(94)95)46-20-19-44-14-12-15-50(51(44)32-46)65(92)82-70-81-54-16-7-8-17-56(54)106-70)33-78-84(43)42-74-37-72(2)36-73(3,38-74)40-75(39-72,41-74)103-30-29-83(4)71(98)102-34-47-21-22-48(104-69-63(91)61(89)62(90)64(105-69)68(96)97)31-45(47)13-9-11-28-77-66(93)55(35-107(99,100)101)79-58(86)18-6-5-10-27-76-57(85)25-26-59(87)88/h7-8,12,14-17,19-24,31-33,55,61-64,69,89-91H,5-6,9-11,13,18,25-30,34-42H2,1-4H3,(H,76,85)(H,77,93)(H,79,86)(H,87,88)(H,94,95)(H,96,97)(H,81,82,92)(H,99,100,101)/t55-,61-,62-,63+,64-,69+,72?,73?,74?,75?/m0/s1. The van der Waals surface area contributed by atoms with E-state index in [0.29, 0.717) is 81.8 Å². The van der Waals surface area contributed by atoms with Gasteiger partial charge in [0.1, 0.15) is 42.5 Å². The number of para-hydroxylation sites is 1. The quantitative estimate of drug-likeness (QED) is 0.0136. The summed E-state index contributed by atoms with van der Waals surface area (Å²) < 4.78 is 60.5. The van der Waals surface area contributed by atoms with Crippen molar-refractivity contribution in [2.45, 2.75) is 173 Å². The van der Waals surface area contributed by atoms with E-state index in [1.165, 1.54) is 28.4 Å². The van der Waals surface area contributed by atoms with Crippen LogP contribution in [0.5, 0.6) is 5.75 Å². The second-order valence-corrected chi connectivity index (χ2v) is 32.1. The number of aryl methyl sites for hydroxylation is 1. The maximum Gasteiger partial charge on any atom is 0.409 e. The van der Waals surface area contributed by atoms with Crippen molar-refractivity contribution in [1.29, 1.82) is 0 Å². The Morgan fingerprint density at radius 1 is 0.757 bits per heavy atom. The normalized spacial score (nSPS) is 23.3. The van der Waals surface area contributed by atoms with Crippen LogP contribution in [0.3, 0.4) is 0 Å². The molecule has 30 nitrogen and oxygen atoms in total. The van der Waals surface area contributed by atoms with Gasteiger partial charge in [-0.15, -0.1) is 0 Å². The van der Waals surface area contributed by atoms with Crippen LogP contribution in [0, 0.1) is 23.2 Å². The highest BCUT2D eigenvalue weighted by molar-refractivity contribution is 7.85. The van der Waals surface area contributed by atoms with Gasteiger partial charge in [0.25, 0.3) is 16.0 Å². The van der Waals surface area contributed by atoms with Gasteiger partial charge >= 0.3 is 24.0 Å². The predicted molar refractivity (Wildman–Crippen MR) is 390 cm³/mol. The van der Waals surface area contributed by atoms with Gasteiger partial charge in [-0.3, -0.25) is 38.5 Å². The van der Waals surface area contributed by atoms with Crippen LogP contribution >= 0.6 is 11.3 Å². The van der Waals surface area contributed by atoms with Crippen LogP contribution in [-0.4, -0.2) is 197 Å². The van der Waals surface area contributed by atoms with Crippen LogP contribution in [0.1, 0.15) is 141 Å². The summed E-state index contributed by atoms with van der Waals surface area (Å²) in [6, 6.07) is 25.1. The van der Waals surface area contributed by atoms with Crippen LogP contribution < -0.4 is 26.0 Å². The van der Waals surface area contributed by atoms with Crippen LogP contribution in [0.15, 0.2) is 97.2 Å². The number of hydrogen-bond acceptors (Lipinski definition) is 21. The molecule has 4 saturated carbocycles. The Hall–Kier alpha value is -9.54. The van der Waals surface area contributed by atoms with E-state index in [9.17, 15) is 76.9 Å². The maximum atomic E-state index is 13.9. The van der Waals surface area contributed by atoms with Crippen molar-refractivity contribution in [3.05, 3.63) is 125 Å². The Balaban J connectivity index is 0.708. The smallest absolute Gasteiger partial charge is 0.409 e. The van der Waals surface area contributed by atoms with Gasteiger partial charge in [-0.05, 0) is 164 Å². The van der Waals surface area contributed by atoms with Crippen molar-refractivity contribution >= 4 is 95.2 Å². The molecule has 32 heteroatoms. The van der Waals surface area contributed by atoms with Crippen molar-refractivity contribution in [2.24, 2.45) is 16.2 Å². The summed E-state index contributed by atoms with van der Waals surface area (Å²) in [5.41, 5.74) is 4.00. The number of thiazole rings is 1. The van der Waals surface area contributed by atoms with Crippen LogP contribution in [-0.2, 0) is 67.9 Å². The molecular formula is C75H89N9O21S2. The highest BCUT2D eigenvalue weighted by Crippen LogP contribution is 2.72. The number of hydrogen-bond donors (Lipinski definition) is 11. The number of pyridine rings is 1. The number of aliphatic hydroxyl groups excluding tert-OH is 3. The molecule has 3 aromatic heterocycles. The highest BCUT2D eigenvalue weighted by Gasteiger charge is 2.66. The number of carboxylic acid groups (broad SMARTS) is 3. The Bertz CT molecular complexity index is 4590. The van der Waals surface area contributed by atoms with Gasteiger partial charge < -0.3 is 70.4 Å². The number of carbonyl (C=O) groups is 8. The number of unbranched alkanes of at least 4 members (excludes halogenated alkanes) is 3. The topological polar surface area (TPSA) is 444 Å². The molecule has 4 aliphatic carbocycles. The van der Waals surface area contributed by atoms with Gasteiger partial charge in [-0.25, -0.2) is 24.4 Å². The number of amides is 5. The number of aliphatic hydroxyl groups is 3. The van der Waals surface area contributed by atoms with Gasteiger partial charge in [0.2, 0.25) is 24.0 Å². The lowest BCUT2D eigenvalue weighted by atomic mass is 9.39. The van der Waals surface area contributed by atoms with Crippen molar-refractivity contribution in [3.8, 4) is 28.1 Å². The van der Waals surface area contributed by atoms with Crippen LogP contribution in [0.25, 0.3) is 43.4 Å². The first-order valence-corrected chi connectivity index (χ1v) is 37.9. The first kappa shape index (κ1) is 78.5. The Kier molecular flexibility index (Phi) is 24.1. The molecule has 4 aromatic carbocycles.